The van der Waals surface area contributed by atoms with Crippen molar-refractivity contribution in [3.05, 3.63) is 60.3 Å². The molecule has 9 nitrogen and oxygen atoms in total. The summed E-state index contributed by atoms with van der Waals surface area (Å²) in [6.45, 7) is 0. The van der Waals surface area contributed by atoms with E-state index in [1.807, 2.05) is 24.3 Å². The molecule has 0 saturated carbocycles. The van der Waals surface area contributed by atoms with E-state index < -0.39 is 0 Å². The molecule has 0 saturated heterocycles. The van der Waals surface area contributed by atoms with Crippen LogP contribution in [0.3, 0.4) is 0 Å². The first-order valence-electron chi connectivity index (χ1n) is 8.65. The van der Waals surface area contributed by atoms with Crippen molar-refractivity contribution >= 4 is 22.5 Å². The molecule has 0 unspecified atom stereocenters. The highest BCUT2D eigenvalue weighted by molar-refractivity contribution is 6.12. The van der Waals surface area contributed by atoms with E-state index in [9.17, 15) is 4.79 Å². The Labute approximate surface area is 165 Å². The van der Waals surface area contributed by atoms with Crippen LogP contribution in [0.15, 0.2) is 54.7 Å². The number of carbonyl (C=O) groups is 1. The molecule has 0 bridgehead atoms. The molecule has 0 radical (unpaired) electrons. The summed E-state index contributed by atoms with van der Waals surface area (Å²) in [5.41, 5.74) is 2.10. The Morgan fingerprint density at radius 2 is 1.55 bits per heavy atom. The maximum Gasteiger partial charge on any atom is 0.331 e. The standard InChI is InChI=1S/C20H17N5O4/c1-27-18-23-19(28-2)25-20(24-18)29-13-9-7-12(8-10-13)22-17(26)15-11-21-16-6-4-3-5-14(15)16/h3-11,21H,1-2H3,(H,22,26). The van der Waals surface area contributed by atoms with Gasteiger partial charge in [-0.1, -0.05) is 18.2 Å². The van der Waals surface area contributed by atoms with E-state index in [2.05, 4.69) is 25.3 Å². The second-order valence-electron chi connectivity index (χ2n) is 5.92. The van der Waals surface area contributed by atoms with Crippen molar-refractivity contribution in [1.29, 1.82) is 0 Å². The van der Waals surface area contributed by atoms with Crippen LogP contribution in [0.1, 0.15) is 10.4 Å². The number of hydrogen-bond acceptors (Lipinski definition) is 7. The molecule has 0 aliphatic carbocycles. The molecule has 2 aromatic carbocycles. The molecule has 146 valence electrons. The van der Waals surface area contributed by atoms with Gasteiger partial charge in [0.2, 0.25) is 0 Å². The van der Waals surface area contributed by atoms with Gasteiger partial charge in [-0.25, -0.2) is 0 Å². The Kier molecular flexibility index (Phi) is 4.93. The summed E-state index contributed by atoms with van der Waals surface area (Å²) >= 11 is 0. The Hall–Kier alpha value is -4.14. The zero-order chi connectivity index (χ0) is 20.2. The van der Waals surface area contributed by atoms with Crippen LogP contribution >= 0.6 is 0 Å². The number of hydrogen-bond donors (Lipinski definition) is 2. The van der Waals surface area contributed by atoms with Crippen LogP contribution in [0, 0.1) is 0 Å². The quantitative estimate of drug-likeness (QED) is 0.518. The first kappa shape index (κ1) is 18.2. The smallest absolute Gasteiger partial charge is 0.331 e. The molecule has 4 aromatic rings. The fourth-order valence-electron chi connectivity index (χ4n) is 2.72. The molecule has 2 aromatic heterocycles. The lowest BCUT2D eigenvalue weighted by molar-refractivity contribution is 0.102. The zero-order valence-corrected chi connectivity index (χ0v) is 15.7. The number of aromatic amines is 1. The Balaban J connectivity index is 1.47. The fraction of sp³-hybridized carbons (Fsp3) is 0.100. The van der Waals surface area contributed by atoms with E-state index in [4.69, 9.17) is 14.2 Å². The molecule has 0 spiro atoms. The number of ether oxygens (including phenoxy) is 3. The summed E-state index contributed by atoms with van der Waals surface area (Å²) < 4.78 is 15.6. The second kappa shape index (κ2) is 7.85. The molecular formula is C20H17N5O4. The number of benzene rings is 2. The Morgan fingerprint density at radius 3 is 2.24 bits per heavy atom. The largest absolute Gasteiger partial charge is 0.467 e. The molecule has 4 rings (SSSR count). The third-order valence-corrected chi connectivity index (χ3v) is 4.09. The molecule has 2 N–H and O–H groups in total. The highest BCUT2D eigenvalue weighted by atomic mass is 16.5. The number of aromatic nitrogens is 4. The van der Waals surface area contributed by atoms with E-state index in [0.29, 0.717) is 17.0 Å². The van der Waals surface area contributed by atoms with Crippen LogP contribution in [-0.2, 0) is 0 Å². The van der Waals surface area contributed by atoms with E-state index in [1.165, 1.54) is 14.2 Å². The summed E-state index contributed by atoms with van der Waals surface area (Å²) in [7, 11) is 2.87. The van der Waals surface area contributed by atoms with Gasteiger partial charge in [-0.05, 0) is 30.3 Å². The first-order chi connectivity index (χ1) is 14.2. The lowest BCUT2D eigenvalue weighted by Crippen LogP contribution is -2.11. The first-order valence-corrected chi connectivity index (χ1v) is 8.65. The van der Waals surface area contributed by atoms with Crippen LogP contribution in [0.5, 0.6) is 23.8 Å². The lowest BCUT2D eigenvalue weighted by atomic mass is 10.1. The molecule has 9 heteroatoms. The summed E-state index contributed by atoms with van der Waals surface area (Å²) in [5.74, 6) is 0.272. The lowest BCUT2D eigenvalue weighted by Gasteiger charge is -2.08. The topological polar surface area (TPSA) is 111 Å². The molecule has 0 atom stereocenters. The van der Waals surface area contributed by atoms with Crippen LogP contribution in [0.25, 0.3) is 10.9 Å². The van der Waals surface area contributed by atoms with Crippen molar-refractivity contribution in [2.45, 2.75) is 0 Å². The van der Waals surface area contributed by atoms with Gasteiger partial charge < -0.3 is 24.5 Å². The van der Waals surface area contributed by atoms with Gasteiger partial charge in [0.05, 0.1) is 19.8 Å². The summed E-state index contributed by atoms with van der Waals surface area (Å²) in [4.78, 5) is 27.6. The average Bonchev–Trinajstić information content (AvgIpc) is 3.19. The number of para-hydroxylation sites is 1. The van der Waals surface area contributed by atoms with Crippen LogP contribution in [0.2, 0.25) is 0 Å². The summed E-state index contributed by atoms with van der Waals surface area (Å²) in [5, 5.41) is 3.73. The van der Waals surface area contributed by atoms with Crippen LogP contribution < -0.4 is 19.5 Å². The van der Waals surface area contributed by atoms with Crippen LogP contribution in [0.4, 0.5) is 5.69 Å². The van der Waals surface area contributed by atoms with Crippen molar-refractivity contribution in [2.75, 3.05) is 19.5 Å². The molecule has 0 fully saturated rings. The maximum atomic E-state index is 12.6. The van der Waals surface area contributed by atoms with Gasteiger partial charge >= 0.3 is 18.0 Å². The van der Waals surface area contributed by atoms with E-state index >= 15 is 0 Å². The van der Waals surface area contributed by atoms with Gasteiger partial charge in [0.25, 0.3) is 5.91 Å². The van der Waals surface area contributed by atoms with Crippen molar-refractivity contribution in [3.8, 4) is 23.8 Å². The number of carbonyl (C=O) groups excluding carboxylic acids is 1. The highest BCUT2D eigenvalue weighted by Gasteiger charge is 2.13. The monoisotopic (exact) mass is 391 g/mol. The molecular weight excluding hydrogens is 374 g/mol. The SMILES string of the molecule is COc1nc(OC)nc(Oc2ccc(NC(=O)c3c[nH]c4ccccc34)cc2)n1. The minimum absolute atomic E-state index is 0.0317. The van der Waals surface area contributed by atoms with Gasteiger partial charge in [0.15, 0.2) is 0 Å². The highest BCUT2D eigenvalue weighted by Crippen LogP contribution is 2.24. The zero-order valence-electron chi connectivity index (χ0n) is 15.7. The summed E-state index contributed by atoms with van der Waals surface area (Å²) in [6, 6.07) is 14.6. The third-order valence-electron chi connectivity index (χ3n) is 4.09. The van der Waals surface area contributed by atoms with Crippen molar-refractivity contribution in [2.24, 2.45) is 0 Å². The van der Waals surface area contributed by atoms with E-state index in [0.717, 1.165) is 10.9 Å². The van der Waals surface area contributed by atoms with Gasteiger partial charge in [-0.15, -0.1) is 15.0 Å². The van der Waals surface area contributed by atoms with Gasteiger partial charge in [0.1, 0.15) is 5.75 Å². The molecule has 29 heavy (non-hydrogen) atoms. The average molecular weight is 391 g/mol. The van der Waals surface area contributed by atoms with Gasteiger partial charge in [-0.3, -0.25) is 4.79 Å². The number of nitrogens with one attached hydrogen (secondary N) is 2. The fourth-order valence-corrected chi connectivity index (χ4v) is 2.72. The van der Waals surface area contributed by atoms with Crippen molar-refractivity contribution < 1.29 is 19.0 Å². The predicted octanol–water partition coefficient (Wildman–Crippen LogP) is 3.41. The molecule has 2 heterocycles. The number of methoxy groups -OCH3 is 2. The normalized spacial score (nSPS) is 10.6. The third kappa shape index (κ3) is 3.93. The predicted molar refractivity (Wildman–Crippen MR) is 106 cm³/mol. The number of rotatable bonds is 6. The minimum atomic E-state index is -0.206. The number of H-pyrrole nitrogens is 1. The van der Waals surface area contributed by atoms with Gasteiger partial charge in [0, 0.05) is 22.8 Å². The second-order valence-corrected chi connectivity index (χ2v) is 5.92. The van der Waals surface area contributed by atoms with Crippen molar-refractivity contribution in [3.63, 3.8) is 0 Å². The van der Waals surface area contributed by atoms with Crippen LogP contribution in [-0.4, -0.2) is 40.1 Å². The maximum absolute atomic E-state index is 12.6. The van der Waals surface area contributed by atoms with Gasteiger partial charge in [-0.2, -0.15) is 0 Å². The number of amides is 1. The Morgan fingerprint density at radius 1 is 0.897 bits per heavy atom. The molecule has 0 aliphatic rings. The van der Waals surface area contributed by atoms with E-state index in [1.54, 1.807) is 30.5 Å². The number of nitrogens with zero attached hydrogens (tertiary/aromatic N) is 3. The summed E-state index contributed by atoms with van der Waals surface area (Å²) in [6.07, 6.45) is 1.69. The molecule has 0 aliphatic heterocycles. The molecule has 1 amide bonds. The minimum Gasteiger partial charge on any atom is -0.467 e. The Bertz CT molecular complexity index is 1130. The number of fused-ring (bicyclic) bond motifs is 1. The van der Waals surface area contributed by atoms with Crippen molar-refractivity contribution in [1.82, 2.24) is 19.9 Å². The number of anilines is 1. The van der Waals surface area contributed by atoms with E-state index in [-0.39, 0.29) is 23.9 Å².